The lowest BCUT2D eigenvalue weighted by molar-refractivity contribution is -0.116. The van der Waals surface area contributed by atoms with Crippen LogP contribution in [-0.2, 0) is 25.6 Å². The molecule has 144 valence electrons. The standard InChI is InChI=1S/C21H36O4/c1-6-10-19(25-16-18-11-8-7-9-12-18)15-20(22-3)13-17(2)14-21(23-4)24-5/h7-9,11-12,17,19-21H,6,10,13-16H2,1-5H3/t17-,19-,20-/m0/s1. The van der Waals surface area contributed by atoms with Crippen LogP contribution in [0, 0.1) is 5.92 Å². The molecule has 3 atom stereocenters. The molecule has 0 unspecified atom stereocenters. The zero-order valence-corrected chi connectivity index (χ0v) is 16.6. The van der Waals surface area contributed by atoms with E-state index >= 15 is 0 Å². The number of methoxy groups -OCH3 is 3. The largest absolute Gasteiger partial charge is 0.381 e. The maximum Gasteiger partial charge on any atom is 0.157 e. The molecule has 0 heterocycles. The minimum absolute atomic E-state index is 0.145. The summed E-state index contributed by atoms with van der Waals surface area (Å²) in [5, 5.41) is 0. The first-order chi connectivity index (χ1) is 12.1. The Morgan fingerprint density at radius 3 is 2.08 bits per heavy atom. The molecule has 1 rings (SSSR count). The summed E-state index contributed by atoms with van der Waals surface area (Å²) in [5.74, 6) is 0.464. The second kappa shape index (κ2) is 13.3. The number of rotatable bonds is 14. The molecule has 0 saturated heterocycles. The summed E-state index contributed by atoms with van der Waals surface area (Å²) in [5.41, 5.74) is 1.22. The first-order valence-electron chi connectivity index (χ1n) is 9.36. The maximum atomic E-state index is 6.18. The molecule has 0 aliphatic rings. The van der Waals surface area contributed by atoms with Crippen molar-refractivity contribution in [2.24, 2.45) is 5.92 Å². The van der Waals surface area contributed by atoms with Crippen molar-refractivity contribution >= 4 is 0 Å². The lowest BCUT2D eigenvalue weighted by atomic mass is 9.95. The molecule has 1 aromatic carbocycles. The first kappa shape index (κ1) is 22.1. The van der Waals surface area contributed by atoms with E-state index in [9.17, 15) is 0 Å². The fourth-order valence-electron chi connectivity index (χ4n) is 3.12. The van der Waals surface area contributed by atoms with Gasteiger partial charge in [-0.25, -0.2) is 0 Å². The smallest absolute Gasteiger partial charge is 0.157 e. The monoisotopic (exact) mass is 352 g/mol. The molecule has 0 radical (unpaired) electrons. The van der Waals surface area contributed by atoms with E-state index in [0.717, 1.165) is 32.1 Å². The maximum absolute atomic E-state index is 6.18. The Balaban J connectivity index is 2.49. The third-order valence-electron chi connectivity index (χ3n) is 4.58. The van der Waals surface area contributed by atoms with E-state index < -0.39 is 0 Å². The second-order valence-electron chi connectivity index (χ2n) is 6.78. The molecule has 4 nitrogen and oxygen atoms in total. The predicted molar refractivity (Wildman–Crippen MR) is 102 cm³/mol. The van der Waals surface area contributed by atoms with Crippen molar-refractivity contribution < 1.29 is 18.9 Å². The molecule has 0 spiro atoms. The van der Waals surface area contributed by atoms with Gasteiger partial charge in [-0.2, -0.15) is 0 Å². The number of benzene rings is 1. The van der Waals surface area contributed by atoms with Gasteiger partial charge in [0.1, 0.15) is 0 Å². The summed E-state index contributed by atoms with van der Waals surface area (Å²) < 4.78 is 22.5. The van der Waals surface area contributed by atoms with Gasteiger partial charge in [-0.05, 0) is 30.7 Å². The van der Waals surface area contributed by atoms with E-state index in [-0.39, 0.29) is 18.5 Å². The van der Waals surface area contributed by atoms with Crippen LogP contribution in [0.4, 0.5) is 0 Å². The first-order valence-corrected chi connectivity index (χ1v) is 9.36. The van der Waals surface area contributed by atoms with Gasteiger partial charge >= 0.3 is 0 Å². The van der Waals surface area contributed by atoms with Gasteiger partial charge < -0.3 is 18.9 Å². The topological polar surface area (TPSA) is 36.9 Å². The average molecular weight is 353 g/mol. The highest BCUT2D eigenvalue weighted by Gasteiger charge is 2.21. The second-order valence-corrected chi connectivity index (χ2v) is 6.78. The number of hydrogen-bond acceptors (Lipinski definition) is 4. The van der Waals surface area contributed by atoms with E-state index in [4.69, 9.17) is 18.9 Å². The molecule has 1 aromatic rings. The van der Waals surface area contributed by atoms with Crippen LogP contribution in [0.15, 0.2) is 30.3 Å². The lowest BCUT2D eigenvalue weighted by Gasteiger charge is -2.26. The lowest BCUT2D eigenvalue weighted by Crippen LogP contribution is -2.26. The van der Waals surface area contributed by atoms with Crippen LogP contribution in [0.25, 0.3) is 0 Å². The molecule has 0 aliphatic heterocycles. The van der Waals surface area contributed by atoms with Crippen LogP contribution in [0.2, 0.25) is 0 Å². The van der Waals surface area contributed by atoms with Crippen molar-refractivity contribution in [3.63, 3.8) is 0 Å². The molecule has 0 saturated carbocycles. The Hall–Kier alpha value is -0.940. The van der Waals surface area contributed by atoms with E-state index in [1.54, 1.807) is 21.3 Å². The summed E-state index contributed by atoms with van der Waals surface area (Å²) >= 11 is 0. The van der Waals surface area contributed by atoms with Crippen molar-refractivity contribution in [1.29, 1.82) is 0 Å². The molecule has 0 N–H and O–H groups in total. The summed E-state index contributed by atoms with van der Waals surface area (Å²) in [6.07, 6.45) is 5.21. The minimum atomic E-state index is -0.145. The highest BCUT2D eigenvalue weighted by Crippen LogP contribution is 2.22. The van der Waals surface area contributed by atoms with Gasteiger partial charge in [-0.1, -0.05) is 50.6 Å². The van der Waals surface area contributed by atoms with Gasteiger partial charge in [0, 0.05) is 27.8 Å². The molecule has 0 aromatic heterocycles. The molecular weight excluding hydrogens is 316 g/mol. The van der Waals surface area contributed by atoms with Crippen LogP contribution in [0.3, 0.4) is 0 Å². The fraction of sp³-hybridized carbons (Fsp3) is 0.714. The molecule has 0 fully saturated rings. The summed E-state index contributed by atoms with van der Waals surface area (Å²) in [4.78, 5) is 0. The predicted octanol–water partition coefficient (Wildman–Crippen LogP) is 4.81. The minimum Gasteiger partial charge on any atom is -0.381 e. The van der Waals surface area contributed by atoms with Crippen molar-refractivity contribution in [3.05, 3.63) is 35.9 Å². The third-order valence-corrected chi connectivity index (χ3v) is 4.58. The molecule has 25 heavy (non-hydrogen) atoms. The van der Waals surface area contributed by atoms with Gasteiger partial charge in [0.2, 0.25) is 0 Å². The Kier molecular flexibility index (Phi) is 11.7. The normalized spacial score (nSPS) is 15.3. The van der Waals surface area contributed by atoms with Crippen LogP contribution in [-0.4, -0.2) is 39.8 Å². The van der Waals surface area contributed by atoms with Crippen LogP contribution in [0.5, 0.6) is 0 Å². The molecule has 0 aliphatic carbocycles. The van der Waals surface area contributed by atoms with Crippen molar-refractivity contribution in [2.45, 2.75) is 71.1 Å². The summed E-state index contributed by atoms with van der Waals surface area (Å²) in [6.45, 7) is 5.08. The van der Waals surface area contributed by atoms with E-state index in [2.05, 4.69) is 38.1 Å². The number of hydrogen-bond donors (Lipinski definition) is 0. The number of ether oxygens (including phenoxy) is 4. The fourth-order valence-corrected chi connectivity index (χ4v) is 3.12. The quantitative estimate of drug-likeness (QED) is 0.450. The van der Waals surface area contributed by atoms with Gasteiger partial charge in [0.05, 0.1) is 18.8 Å². The summed E-state index contributed by atoms with van der Waals surface area (Å²) in [6, 6.07) is 10.3. The van der Waals surface area contributed by atoms with Crippen molar-refractivity contribution in [1.82, 2.24) is 0 Å². The molecule has 4 heteroatoms. The zero-order chi connectivity index (χ0) is 18.5. The van der Waals surface area contributed by atoms with Gasteiger partial charge in [-0.3, -0.25) is 0 Å². The van der Waals surface area contributed by atoms with Crippen molar-refractivity contribution in [2.75, 3.05) is 21.3 Å². The SMILES string of the molecule is CCC[C@@H](C[C@H](C[C@H](C)CC(OC)OC)OC)OCc1ccccc1. The highest BCUT2D eigenvalue weighted by molar-refractivity contribution is 5.13. The highest BCUT2D eigenvalue weighted by atomic mass is 16.7. The van der Waals surface area contributed by atoms with Crippen LogP contribution < -0.4 is 0 Å². The molecular formula is C21H36O4. The summed E-state index contributed by atoms with van der Waals surface area (Å²) in [7, 11) is 5.16. The Morgan fingerprint density at radius 2 is 1.52 bits per heavy atom. The molecule has 0 amide bonds. The third kappa shape index (κ3) is 9.36. The Bertz CT molecular complexity index is 419. The van der Waals surface area contributed by atoms with Gasteiger partial charge in [-0.15, -0.1) is 0 Å². The van der Waals surface area contributed by atoms with Crippen molar-refractivity contribution in [3.8, 4) is 0 Å². The van der Waals surface area contributed by atoms with Gasteiger partial charge in [0.25, 0.3) is 0 Å². The van der Waals surface area contributed by atoms with Gasteiger partial charge in [0.15, 0.2) is 6.29 Å². The zero-order valence-electron chi connectivity index (χ0n) is 16.6. The van der Waals surface area contributed by atoms with E-state index in [0.29, 0.717) is 12.5 Å². The molecule has 0 bridgehead atoms. The van der Waals surface area contributed by atoms with E-state index in [1.165, 1.54) is 5.56 Å². The van der Waals surface area contributed by atoms with E-state index in [1.807, 2.05) is 6.07 Å². The Morgan fingerprint density at radius 1 is 0.840 bits per heavy atom. The Labute approximate surface area is 153 Å². The van der Waals surface area contributed by atoms with Crippen LogP contribution >= 0.6 is 0 Å². The van der Waals surface area contributed by atoms with Crippen LogP contribution in [0.1, 0.15) is 51.5 Å². The average Bonchev–Trinajstić information content (AvgIpc) is 2.64.